The van der Waals surface area contributed by atoms with E-state index in [4.69, 9.17) is 5.73 Å². The summed E-state index contributed by atoms with van der Waals surface area (Å²) in [5.41, 5.74) is 7.67. The van der Waals surface area contributed by atoms with Crippen LogP contribution in [-0.2, 0) is 6.54 Å². The van der Waals surface area contributed by atoms with E-state index in [0.717, 1.165) is 23.6 Å². The fourth-order valence-corrected chi connectivity index (χ4v) is 1.53. The third-order valence-electron chi connectivity index (χ3n) is 2.31. The zero-order valence-electron chi connectivity index (χ0n) is 9.17. The molecule has 2 aromatic rings. The van der Waals surface area contributed by atoms with Crippen LogP contribution in [0.4, 0.5) is 11.5 Å². The van der Waals surface area contributed by atoms with Crippen molar-refractivity contribution >= 4 is 11.5 Å². The van der Waals surface area contributed by atoms with Crippen LogP contribution in [0.2, 0.25) is 0 Å². The lowest BCUT2D eigenvalue weighted by atomic mass is 10.2. The fourth-order valence-electron chi connectivity index (χ4n) is 1.53. The van der Waals surface area contributed by atoms with Crippen LogP contribution in [0.15, 0.2) is 42.9 Å². The zero-order valence-corrected chi connectivity index (χ0v) is 9.17. The molecule has 0 aliphatic carbocycles. The highest BCUT2D eigenvalue weighted by molar-refractivity contribution is 5.43. The first kappa shape index (κ1) is 10.4. The average Bonchev–Trinajstić information content (AvgIpc) is 2.30. The lowest BCUT2D eigenvalue weighted by Crippen LogP contribution is -2.17. The molecule has 1 aromatic carbocycles. The fraction of sp³-hybridized carbons (Fsp3) is 0.167. The van der Waals surface area contributed by atoms with Crippen LogP contribution >= 0.6 is 0 Å². The highest BCUT2D eigenvalue weighted by atomic mass is 15.2. The summed E-state index contributed by atoms with van der Waals surface area (Å²) >= 11 is 0. The maximum Gasteiger partial charge on any atom is 0.147 e. The standard InChI is InChI=1S/C12H14N4/c1-16(12-8-14-5-6-15-12)9-10-3-2-4-11(13)7-10/h2-8H,9,13H2,1H3. The molecule has 82 valence electrons. The summed E-state index contributed by atoms with van der Waals surface area (Å²) in [6, 6.07) is 7.84. The molecule has 0 radical (unpaired) electrons. The third kappa shape index (κ3) is 2.48. The number of rotatable bonds is 3. The molecule has 0 aliphatic rings. The van der Waals surface area contributed by atoms with Crippen LogP contribution in [-0.4, -0.2) is 17.0 Å². The molecule has 2 rings (SSSR count). The number of nitrogen functional groups attached to an aromatic ring is 1. The molecule has 16 heavy (non-hydrogen) atoms. The Labute approximate surface area is 94.8 Å². The van der Waals surface area contributed by atoms with Gasteiger partial charge in [-0.1, -0.05) is 12.1 Å². The first-order chi connectivity index (χ1) is 7.75. The first-order valence-corrected chi connectivity index (χ1v) is 5.07. The van der Waals surface area contributed by atoms with Crippen LogP contribution in [0.25, 0.3) is 0 Å². The summed E-state index contributed by atoms with van der Waals surface area (Å²) in [7, 11) is 1.98. The van der Waals surface area contributed by atoms with Crippen LogP contribution in [0.1, 0.15) is 5.56 Å². The largest absolute Gasteiger partial charge is 0.399 e. The van der Waals surface area contributed by atoms with Gasteiger partial charge in [-0.05, 0) is 17.7 Å². The van der Waals surface area contributed by atoms with Crippen molar-refractivity contribution in [3.8, 4) is 0 Å². The number of hydrogen-bond donors (Lipinski definition) is 1. The Balaban J connectivity index is 2.11. The summed E-state index contributed by atoms with van der Waals surface area (Å²) in [4.78, 5) is 10.3. The molecule has 0 atom stereocenters. The second kappa shape index (κ2) is 4.61. The predicted molar refractivity (Wildman–Crippen MR) is 65.0 cm³/mol. The van der Waals surface area contributed by atoms with Crippen molar-refractivity contribution < 1.29 is 0 Å². The summed E-state index contributed by atoms with van der Waals surface area (Å²) in [5.74, 6) is 0.852. The Kier molecular flexibility index (Phi) is 3.00. The van der Waals surface area contributed by atoms with E-state index < -0.39 is 0 Å². The van der Waals surface area contributed by atoms with Gasteiger partial charge in [-0.2, -0.15) is 0 Å². The molecular weight excluding hydrogens is 200 g/mol. The second-order valence-electron chi connectivity index (χ2n) is 3.66. The van der Waals surface area contributed by atoms with Crippen molar-refractivity contribution in [1.29, 1.82) is 0 Å². The van der Waals surface area contributed by atoms with E-state index in [-0.39, 0.29) is 0 Å². The number of benzene rings is 1. The molecule has 0 fully saturated rings. The van der Waals surface area contributed by atoms with Gasteiger partial charge in [0.2, 0.25) is 0 Å². The normalized spacial score (nSPS) is 10.1. The molecule has 1 aromatic heterocycles. The molecule has 1 heterocycles. The first-order valence-electron chi connectivity index (χ1n) is 5.07. The van der Waals surface area contributed by atoms with Gasteiger partial charge in [0.05, 0.1) is 6.20 Å². The Hall–Kier alpha value is -2.10. The van der Waals surface area contributed by atoms with Gasteiger partial charge in [0, 0.05) is 31.7 Å². The van der Waals surface area contributed by atoms with E-state index in [1.54, 1.807) is 18.6 Å². The SMILES string of the molecule is CN(Cc1cccc(N)c1)c1cnccn1. The molecule has 0 bridgehead atoms. The molecule has 0 saturated carbocycles. The average molecular weight is 214 g/mol. The van der Waals surface area contributed by atoms with E-state index in [2.05, 4.69) is 9.97 Å². The van der Waals surface area contributed by atoms with Gasteiger partial charge in [-0.25, -0.2) is 4.98 Å². The van der Waals surface area contributed by atoms with Crippen LogP contribution in [0.3, 0.4) is 0 Å². The Morgan fingerprint density at radius 3 is 2.88 bits per heavy atom. The second-order valence-corrected chi connectivity index (χ2v) is 3.66. The van der Waals surface area contributed by atoms with E-state index in [9.17, 15) is 0 Å². The molecule has 0 aliphatic heterocycles. The van der Waals surface area contributed by atoms with E-state index in [1.807, 2.05) is 36.2 Å². The van der Waals surface area contributed by atoms with Gasteiger partial charge in [0.15, 0.2) is 0 Å². The molecular formula is C12H14N4. The number of anilines is 2. The number of hydrogen-bond acceptors (Lipinski definition) is 4. The Morgan fingerprint density at radius 1 is 1.31 bits per heavy atom. The van der Waals surface area contributed by atoms with Gasteiger partial charge in [-0.3, -0.25) is 4.98 Å². The molecule has 0 amide bonds. The molecule has 4 nitrogen and oxygen atoms in total. The van der Waals surface area contributed by atoms with Crippen LogP contribution < -0.4 is 10.6 Å². The minimum atomic E-state index is 0.768. The molecule has 0 unspecified atom stereocenters. The number of nitrogens with two attached hydrogens (primary N) is 1. The van der Waals surface area contributed by atoms with Crippen molar-refractivity contribution in [2.24, 2.45) is 0 Å². The monoisotopic (exact) mass is 214 g/mol. The van der Waals surface area contributed by atoms with E-state index >= 15 is 0 Å². The van der Waals surface area contributed by atoms with Crippen LogP contribution in [0, 0.1) is 0 Å². The van der Waals surface area contributed by atoms with Gasteiger partial charge < -0.3 is 10.6 Å². The smallest absolute Gasteiger partial charge is 0.147 e. The highest BCUT2D eigenvalue weighted by Gasteiger charge is 2.02. The van der Waals surface area contributed by atoms with Crippen molar-refractivity contribution in [3.63, 3.8) is 0 Å². The quantitative estimate of drug-likeness (QED) is 0.790. The topological polar surface area (TPSA) is 55.0 Å². The highest BCUT2D eigenvalue weighted by Crippen LogP contribution is 2.12. The van der Waals surface area contributed by atoms with E-state index in [1.165, 1.54) is 0 Å². The molecule has 2 N–H and O–H groups in total. The number of aromatic nitrogens is 2. The maximum absolute atomic E-state index is 5.73. The van der Waals surface area contributed by atoms with Gasteiger partial charge >= 0.3 is 0 Å². The molecule has 4 heteroatoms. The third-order valence-corrected chi connectivity index (χ3v) is 2.31. The summed E-state index contributed by atoms with van der Waals surface area (Å²) in [5, 5.41) is 0. The maximum atomic E-state index is 5.73. The van der Waals surface area contributed by atoms with Crippen molar-refractivity contribution in [1.82, 2.24) is 9.97 Å². The van der Waals surface area contributed by atoms with Gasteiger partial charge in [-0.15, -0.1) is 0 Å². The van der Waals surface area contributed by atoms with E-state index in [0.29, 0.717) is 0 Å². The Morgan fingerprint density at radius 2 is 2.19 bits per heavy atom. The lowest BCUT2D eigenvalue weighted by Gasteiger charge is -2.17. The minimum Gasteiger partial charge on any atom is -0.399 e. The number of nitrogens with zero attached hydrogens (tertiary/aromatic N) is 3. The predicted octanol–water partition coefficient (Wildman–Crippen LogP) is 1.70. The zero-order chi connectivity index (χ0) is 11.4. The minimum absolute atomic E-state index is 0.768. The molecule has 0 spiro atoms. The van der Waals surface area contributed by atoms with Crippen molar-refractivity contribution in [2.75, 3.05) is 17.7 Å². The van der Waals surface area contributed by atoms with Crippen molar-refractivity contribution in [3.05, 3.63) is 48.4 Å². The summed E-state index contributed by atoms with van der Waals surface area (Å²) in [6.07, 6.45) is 5.09. The Bertz CT molecular complexity index is 456. The van der Waals surface area contributed by atoms with Crippen molar-refractivity contribution in [2.45, 2.75) is 6.54 Å². The molecule has 0 saturated heterocycles. The van der Waals surface area contributed by atoms with Crippen LogP contribution in [0.5, 0.6) is 0 Å². The lowest BCUT2D eigenvalue weighted by molar-refractivity contribution is 0.890. The van der Waals surface area contributed by atoms with Gasteiger partial charge in [0.25, 0.3) is 0 Å². The summed E-state index contributed by atoms with van der Waals surface area (Å²) < 4.78 is 0. The summed E-state index contributed by atoms with van der Waals surface area (Å²) in [6.45, 7) is 0.768. The van der Waals surface area contributed by atoms with Gasteiger partial charge in [0.1, 0.15) is 5.82 Å².